The molecule has 2 aromatic rings. The second-order valence-electron chi connectivity index (χ2n) is 11.1. The highest BCUT2D eigenvalue weighted by Crippen LogP contribution is 2.46. The van der Waals surface area contributed by atoms with E-state index in [2.05, 4.69) is 0 Å². The molecule has 208 valence electrons. The fourth-order valence-electron chi connectivity index (χ4n) is 4.82. The van der Waals surface area contributed by atoms with Gasteiger partial charge in [-0.15, -0.1) is 0 Å². The van der Waals surface area contributed by atoms with Crippen LogP contribution in [0, 0.1) is 11.7 Å². The van der Waals surface area contributed by atoms with Crippen LogP contribution in [0.25, 0.3) is 0 Å². The Bertz CT molecular complexity index is 1150. The maximum Gasteiger partial charge on any atom is 0.408 e. The summed E-state index contributed by atoms with van der Waals surface area (Å²) in [4.78, 5) is 13.9. The van der Waals surface area contributed by atoms with E-state index in [4.69, 9.17) is 32.7 Å². The lowest BCUT2D eigenvalue weighted by molar-refractivity contribution is -0.190. The van der Waals surface area contributed by atoms with Crippen LogP contribution in [-0.4, -0.2) is 42.3 Å². The molecule has 0 spiro atoms. The highest BCUT2D eigenvalue weighted by molar-refractivity contribution is 6.34. The van der Waals surface area contributed by atoms with Gasteiger partial charge in [0.05, 0.1) is 12.2 Å². The van der Waals surface area contributed by atoms with E-state index in [1.165, 1.54) is 35.2 Å². The average Bonchev–Trinajstić information content (AvgIpc) is 3.61. The zero-order valence-corrected chi connectivity index (χ0v) is 23.0. The van der Waals surface area contributed by atoms with Crippen LogP contribution >= 0.6 is 23.2 Å². The molecule has 1 unspecified atom stereocenters. The summed E-state index contributed by atoms with van der Waals surface area (Å²) in [5.41, 5.74) is -0.0990. The maximum absolute atomic E-state index is 14.9. The molecule has 1 saturated heterocycles. The second-order valence-corrected chi connectivity index (χ2v) is 12.0. The van der Waals surface area contributed by atoms with Gasteiger partial charge in [-0.1, -0.05) is 23.2 Å². The van der Waals surface area contributed by atoms with Gasteiger partial charge in [-0.25, -0.2) is 9.18 Å². The number of carbonyl (C=O) groups is 1. The molecule has 0 radical (unpaired) electrons. The Hall–Kier alpha value is -2.03. The summed E-state index contributed by atoms with van der Waals surface area (Å²) >= 11 is 11.9. The Morgan fingerprint density at radius 3 is 2.13 bits per heavy atom. The Morgan fingerprint density at radius 2 is 1.61 bits per heavy atom. The van der Waals surface area contributed by atoms with Crippen molar-refractivity contribution < 1.29 is 31.8 Å². The summed E-state index contributed by atoms with van der Waals surface area (Å²) in [6.07, 6.45) is -1.69. The van der Waals surface area contributed by atoms with Crippen LogP contribution in [0.3, 0.4) is 0 Å². The molecular formula is C28H31Cl2F4NO3. The van der Waals surface area contributed by atoms with Crippen molar-refractivity contribution in [3.8, 4) is 5.75 Å². The van der Waals surface area contributed by atoms with Gasteiger partial charge in [0, 0.05) is 16.1 Å². The molecule has 0 aromatic heterocycles. The molecule has 4 rings (SSSR count). The van der Waals surface area contributed by atoms with E-state index in [9.17, 15) is 22.4 Å². The van der Waals surface area contributed by atoms with Gasteiger partial charge in [0.2, 0.25) is 0 Å². The van der Waals surface area contributed by atoms with E-state index in [0.29, 0.717) is 18.6 Å². The van der Waals surface area contributed by atoms with E-state index in [1.54, 1.807) is 20.8 Å². The quantitative estimate of drug-likeness (QED) is 0.245. The third-order valence-electron chi connectivity index (χ3n) is 6.73. The van der Waals surface area contributed by atoms with Gasteiger partial charge in [0.15, 0.2) is 0 Å². The van der Waals surface area contributed by atoms with E-state index < -0.39 is 29.6 Å². The molecule has 1 aliphatic carbocycles. The predicted molar refractivity (Wildman–Crippen MR) is 139 cm³/mol. The number of benzene rings is 2. The Kier molecular flexibility index (Phi) is 8.55. The smallest absolute Gasteiger partial charge is 0.408 e. The number of hydrogen-bond donors (Lipinski definition) is 0. The number of rotatable bonds is 7. The molecule has 4 nitrogen and oxygen atoms in total. The molecule has 1 saturated carbocycles. The molecule has 10 heteroatoms. The molecule has 2 aliphatic rings. The van der Waals surface area contributed by atoms with Crippen LogP contribution in [0.2, 0.25) is 10.0 Å². The fourth-order valence-corrected chi connectivity index (χ4v) is 5.37. The van der Waals surface area contributed by atoms with Gasteiger partial charge in [0.25, 0.3) is 0 Å². The van der Waals surface area contributed by atoms with Gasteiger partial charge in [-0.2, -0.15) is 13.2 Å². The Labute approximate surface area is 230 Å². The average molecular weight is 576 g/mol. The van der Waals surface area contributed by atoms with Crippen molar-refractivity contribution in [2.45, 2.75) is 70.2 Å². The van der Waals surface area contributed by atoms with Gasteiger partial charge < -0.3 is 9.47 Å². The number of likely N-dealkylation sites (tertiary alicyclic amines) is 1. The van der Waals surface area contributed by atoms with Crippen molar-refractivity contribution in [3.63, 3.8) is 0 Å². The molecule has 2 fully saturated rings. The summed E-state index contributed by atoms with van der Waals surface area (Å²) in [5.74, 6) is -0.881. The predicted octanol–water partition coefficient (Wildman–Crippen LogP) is 8.36. The van der Waals surface area contributed by atoms with Crippen LogP contribution in [0.1, 0.15) is 79.9 Å². The van der Waals surface area contributed by atoms with Gasteiger partial charge in [0.1, 0.15) is 23.2 Å². The SMILES string of the molecule is CC(C)(C)OC(=O)c1cc(C2CC2)c(OCC2CCN(C(c3cc(Cl)cc(Cl)c3)C(F)(F)F)CC2)cc1F. The number of ether oxygens (including phenoxy) is 2. The molecule has 0 bridgehead atoms. The van der Waals surface area contributed by atoms with Crippen LogP contribution in [0.15, 0.2) is 30.3 Å². The number of nitrogens with zero attached hydrogens (tertiary/aromatic N) is 1. The van der Waals surface area contributed by atoms with E-state index in [-0.39, 0.29) is 52.7 Å². The third kappa shape index (κ3) is 7.33. The van der Waals surface area contributed by atoms with Gasteiger partial charge in [-0.3, -0.25) is 4.90 Å². The van der Waals surface area contributed by atoms with Crippen LogP contribution in [-0.2, 0) is 4.74 Å². The zero-order valence-electron chi connectivity index (χ0n) is 21.5. The van der Waals surface area contributed by atoms with Crippen molar-refractivity contribution in [2.24, 2.45) is 5.92 Å². The van der Waals surface area contributed by atoms with Crippen molar-refractivity contribution in [1.29, 1.82) is 0 Å². The van der Waals surface area contributed by atoms with Crippen LogP contribution < -0.4 is 4.74 Å². The fraction of sp³-hybridized carbons (Fsp3) is 0.536. The summed E-state index contributed by atoms with van der Waals surface area (Å²) in [5, 5.41) is 0.308. The minimum atomic E-state index is -4.50. The lowest BCUT2D eigenvalue weighted by Gasteiger charge is -2.38. The van der Waals surface area contributed by atoms with Crippen LogP contribution in [0.5, 0.6) is 5.75 Å². The Morgan fingerprint density at radius 1 is 1.00 bits per heavy atom. The highest BCUT2D eigenvalue weighted by Gasteiger charge is 2.45. The van der Waals surface area contributed by atoms with Crippen molar-refractivity contribution in [1.82, 2.24) is 4.90 Å². The first-order valence-corrected chi connectivity index (χ1v) is 13.4. The zero-order chi connectivity index (χ0) is 27.8. The van der Waals surface area contributed by atoms with E-state index >= 15 is 0 Å². The molecule has 0 amide bonds. The van der Waals surface area contributed by atoms with Crippen LogP contribution in [0.4, 0.5) is 17.6 Å². The second kappa shape index (κ2) is 11.2. The normalized spacial score (nSPS) is 18.3. The number of halogens is 6. The molecular weight excluding hydrogens is 545 g/mol. The van der Waals surface area contributed by atoms with E-state index in [0.717, 1.165) is 18.4 Å². The van der Waals surface area contributed by atoms with Gasteiger partial charge >= 0.3 is 12.1 Å². The first kappa shape index (κ1) is 29.0. The van der Waals surface area contributed by atoms with Crippen molar-refractivity contribution in [2.75, 3.05) is 19.7 Å². The summed E-state index contributed by atoms with van der Waals surface area (Å²) < 4.78 is 68.3. The molecule has 1 atom stereocenters. The molecule has 1 aliphatic heterocycles. The first-order chi connectivity index (χ1) is 17.7. The number of carbonyl (C=O) groups excluding carboxylic acids is 1. The van der Waals surface area contributed by atoms with Crippen molar-refractivity contribution in [3.05, 3.63) is 62.9 Å². The van der Waals surface area contributed by atoms with Crippen molar-refractivity contribution >= 4 is 29.2 Å². The Balaban J connectivity index is 1.42. The topological polar surface area (TPSA) is 38.8 Å². The maximum atomic E-state index is 14.9. The number of hydrogen-bond acceptors (Lipinski definition) is 4. The lowest BCUT2D eigenvalue weighted by atomic mass is 9.94. The summed E-state index contributed by atoms with van der Waals surface area (Å²) in [6.45, 7) is 5.82. The largest absolute Gasteiger partial charge is 0.493 e. The number of alkyl halides is 3. The molecule has 38 heavy (non-hydrogen) atoms. The molecule has 0 N–H and O–H groups in total. The number of piperidine rings is 1. The van der Waals surface area contributed by atoms with Gasteiger partial charge in [-0.05, 0) is 107 Å². The highest BCUT2D eigenvalue weighted by atomic mass is 35.5. The minimum Gasteiger partial charge on any atom is -0.493 e. The first-order valence-electron chi connectivity index (χ1n) is 12.7. The number of esters is 1. The molecule has 1 heterocycles. The lowest BCUT2D eigenvalue weighted by Crippen LogP contribution is -2.43. The third-order valence-corrected chi connectivity index (χ3v) is 7.17. The monoisotopic (exact) mass is 575 g/mol. The minimum absolute atomic E-state index is 0.00345. The molecule has 2 aromatic carbocycles. The summed E-state index contributed by atoms with van der Waals surface area (Å²) in [7, 11) is 0. The standard InChI is InChI=1S/C28H31Cl2F4NO3/c1-27(2,3)38-26(36)22-13-21(17-4-5-17)24(14-23(22)31)37-15-16-6-8-35(9-7-16)25(28(32,33)34)18-10-19(29)12-20(30)11-18/h10-14,16-17,25H,4-9,15H2,1-3H3. The summed E-state index contributed by atoms with van der Waals surface area (Å²) in [6, 6.07) is 4.94. The van der Waals surface area contributed by atoms with E-state index in [1.807, 2.05) is 0 Å².